The van der Waals surface area contributed by atoms with Crippen molar-refractivity contribution in [2.75, 3.05) is 51.3 Å². The first-order valence-corrected chi connectivity index (χ1v) is 11.5. The number of aromatic nitrogens is 3. The second kappa shape index (κ2) is 9.50. The van der Waals surface area contributed by atoms with E-state index in [1.807, 2.05) is 41.0 Å². The van der Waals surface area contributed by atoms with Crippen LogP contribution in [0.5, 0.6) is 11.5 Å². The standard InChI is InChI=1S/C26H29N5O2/c1-20-17-25(31-26(28-20)24(19-27-31)21-7-4-3-5-8-21)30-13-11-29(12-14-30)15-16-33-23-10-6-9-22(18-23)32-2/h3-10,17-19H,11-16H2,1-2H3/p+1. The van der Waals surface area contributed by atoms with E-state index in [2.05, 4.69) is 42.2 Å². The van der Waals surface area contributed by atoms with Crippen molar-refractivity contribution in [2.45, 2.75) is 6.92 Å². The Hall–Kier alpha value is -3.58. The van der Waals surface area contributed by atoms with Gasteiger partial charge in [-0.3, -0.25) is 0 Å². The lowest BCUT2D eigenvalue weighted by atomic mass is 10.1. The molecule has 33 heavy (non-hydrogen) atoms. The fourth-order valence-electron chi connectivity index (χ4n) is 4.42. The fraction of sp³-hybridized carbons (Fsp3) is 0.308. The monoisotopic (exact) mass is 444 g/mol. The Kier molecular flexibility index (Phi) is 6.13. The summed E-state index contributed by atoms with van der Waals surface area (Å²) in [6.45, 7) is 7.83. The van der Waals surface area contributed by atoms with Gasteiger partial charge in [0.15, 0.2) is 5.65 Å². The molecule has 0 unspecified atom stereocenters. The number of rotatable bonds is 7. The van der Waals surface area contributed by atoms with Gasteiger partial charge in [0.25, 0.3) is 0 Å². The van der Waals surface area contributed by atoms with Crippen molar-refractivity contribution in [3.05, 3.63) is 72.6 Å². The quantitative estimate of drug-likeness (QED) is 0.475. The summed E-state index contributed by atoms with van der Waals surface area (Å²) in [7, 11) is 1.67. The highest BCUT2D eigenvalue weighted by atomic mass is 16.5. The molecule has 0 aliphatic carbocycles. The number of benzene rings is 2. The largest absolute Gasteiger partial charge is 0.497 e. The highest BCUT2D eigenvalue weighted by Crippen LogP contribution is 2.27. The molecule has 0 radical (unpaired) electrons. The molecule has 1 aliphatic heterocycles. The predicted molar refractivity (Wildman–Crippen MR) is 129 cm³/mol. The molecule has 2 aromatic heterocycles. The third kappa shape index (κ3) is 4.64. The van der Waals surface area contributed by atoms with Crippen LogP contribution in [0.25, 0.3) is 16.8 Å². The Bertz CT molecular complexity index is 1220. The molecule has 0 spiro atoms. The highest BCUT2D eigenvalue weighted by molar-refractivity contribution is 5.78. The number of aryl methyl sites for hydroxylation is 1. The molecular formula is C26H30N5O2+. The first-order valence-electron chi connectivity index (χ1n) is 11.5. The first kappa shape index (κ1) is 21.3. The van der Waals surface area contributed by atoms with E-state index in [1.165, 1.54) is 0 Å². The van der Waals surface area contributed by atoms with Crippen molar-refractivity contribution in [1.82, 2.24) is 14.6 Å². The number of piperazine rings is 1. The van der Waals surface area contributed by atoms with E-state index >= 15 is 0 Å². The molecule has 3 heterocycles. The Balaban J connectivity index is 1.23. The van der Waals surface area contributed by atoms with Gasteiger partial charge in [-0.05, 0) is 24.6 Å². The number of fused-ring (bicyclic) bond motifs is 1. The number of hydrogen-bond donors (Lipinski definition) is 1. The lowest BCUT2D eigenvalue weighted by Gasteiger charge is -2.33. The van der Waals surface area contributed by atoms with Crippen LogP contribution in [0.3, 0.4) is 0 Å². The van der Waals surface area contributed by atoms with Crippen molar-refractivity contribution in [3.63, 3.8) is 0 Å². The van der Waals surface area contributed by atoms with Crippen LogP contribution < -0.4 is 19.3 Å². The Morgan fingerprint density at radius 3 is 2.55 bits per heavy atom. The number of ether oxygens (including phenoxy) is 2. The third-order valence-corrected chi connectivity index (χ3v) is 6.23. The van der Waals surface area contributed by atoms with Gasteiger partial charge in [0, 0.05) is 23.4 Å². The maximum Gasteiger partial charge on any atom is 0.165 e. The van der Waals surface area contributed by atoms with E-state index in [-0.39, 0.29) is 0 Å². The van der Waals surface area contributed by atoms with E-state index in [0.29, 0.717) is 6.61 Å². The molecule has 0 saturated carbocycles. The van der Waals surface area contributed by atoms with Crippen LogP contribution >= 0.6 is 0 Å². The minimum absolute atomic E-state index is 0.695. The first-order chi connectivity index (χ1) is 16.2. The van der Waals surface area contributed by atoms with Crippen LogP contribution in [0, 0.1) is 6.92 Å². The second-order valence-corrected chi connectivity index (χ2v) is 8.43. The molecule has 2 aromatic carbocycles. The molecule has 1 fully saturated rings. The van der Waals surface area contributed by atoms with Gasteiger partial charge in [-0.2, -0.15) is 9.61 Å². The number of nitrogens with zero attached hydrogens (tertiary/aromatic N) is 4. The molecule has 170 valence electrons. The number of methoxy groups -OCH3 is 1. The van der Waals surface area contributed by atoms with Crippen LogP contribution in [-0.4, -0.2) is 61.0 Å². The number of quaternary nitrogens is 1. The van der Waals surface area contributed by atoms with Crippen molar-refractivity contribution < 1.29 is 14.4 Å². The minimum atomic E-state index is 0.695. The zero-order valence-corrected chi connectivity index (χ0v) is 19.2. The van der Waals surface area contributed by atoms with Gasteiger partial charge in [0.2, 0.25) is 0 Å². The summed E-state index contributed by atoms with van der Waals surface area (Å²) in [4.78, 5) is 8.79. The van der Waals surface area contributed by atoms with Gasteiger partial charge in [0.05, 0.1) is 39.5 Å². The maximum absolute atomic E-state index is 5.94. The molecule has 1 aliphatic rings. The Labute approximate surface area is 194 Å². The Morgan fingerprint density at radius 2 is 1.76 bits per heavy atom. The van der Waals surface area contributed by atoms with E-state index in [1.54, 1.807) is 12.0 Å². The summed E-state index contributed by atoms with van der Waals surface area (Å²) in [6, 6.07) is 20.3. The van der Waals surface area contributed by atoms with Crippen LogP contribution in [0.2, 0.25) is 0 Å². The average molecular weight is 445 g/mol. The molecule has 7 heteroatoms. The highest BCUT2D eigenvalue weighted by Gasteiger charge is 2.23. The zero-order chi connectivity index (χ0) is 22.6. The maximum atomic E-state index is 5.94. The zero-order valence-electron chi connectivity index (χ0n) is 19.2. The van der Waals surface area contributed by atoms with Crippen molar-refractivity contribution >= 4 is 11.5 Å². The molecular weight excluding hydrogens is 414 g/mol. The lowest BCUT2D eigenvalue weighted by molar-refractivity contribution is -0.900. The van der Waals surface area contributed by atoms with Crippen molar-refractivity contribution in [2.24, 2.45) is 0 Å². The van der Waals surface area contributed by atoms with Crippen molar-refractivity contribution in [1.29, 1.82) is 0 Å². The minimum Gasteiger partial charge on any atom is -0.497 e. The van der Waals surface area contributed by atoms with Crippen LogP contribution in [0.15, 0.2) is 66.9 Å². The van der Waals surface area contributed by atoms with E-state index in [9.17, 15) is 0 Å². The SMILES string of the molecule is COc1cccc(OCC[NH+]2CCN(c3cc(C)nc4c(-c5ccccc5)cnn34)CC2)c1. The molecule has 1 N–H and O–H groups in total. The number of hydrogen-bond acceptors (Lipinski definition) is 5. The molecule has 5 rings (SSSR count). The van der Waals surface area contributed by atoms with Gasteiger partial charge in [-0.15, -0.1) is 0 Å². The van der Waals surface area contributed by atoms with Gasteiger partial charge >= 0.3 is 0 Å². The topological polar surface area (TPSA) is 56.3 Å². The number of nitrogens with one attached hydrogen (secondary N) is 1. The van der Waals surface area contributed by atoms with E-state index in [4.69, 9.17) is 19.6 Å². The fourth-order valence-corrected chi connectivity index (χ4v) is 4.42. The number of anilines is 1. The molecule has 0 amide bonds. The molecule has 0 atom stereocenters. The molecule has 0 bridgehead atoms. The predicted octanol–water partition coefficient (Wildman–Crippen LogP) is 2.50. The summed E-state index contributed by atoms with van der Waals surface area (Å²) in [6.07, 6.45) is 1.93. The third-order valence-electron chi connectivity index (χ3n) is 6.23. The summed E-state index contributed by atoms with van der Waals surface area (Å²) in [5.74, 6) is 2.79. The molecule has 1 saturated heterocycles. The molecule has 4 aromatic rings. The van der Waals surface area contributed by atoms with Crippen LogP contribution in [-0.2, 0) is 0 Å². The average Bonchev–Trinajstić information content (AvgIpc) is 3.28. The molecule has 7 nitrogen and oxygen atoms in total. The van der Waals surface area contributed by atoms with Gasteiger partial charge in [-0.1, -0.05) is 36.4 Å². The van der Waals surface area contributed by atoms with Gasteiger partial charge in [-0.25, -0.2) is 4.98 Å². The van der Waals surface area contributed by atoms with Crippen LogP contribution in [0.1, 0.15) is 5.69 Å². The lowest BCUT2D eigenvalue weighted by Crippen LogP contribution is -3.15. The van der Waals surface area contributed by atoms with Gasteiger partial charge < -0.3 is 19.3 Å². The summed E-state index contributed by atoms with van der Waals surface area (Å²) in [5, 5.41) is 4.70. The van der Waals surface area contributed by atoms with Crippen molar-refractivity contribution in [3.8, 4) is 22.6 Å². The smallest absolute Gasteiger partial charge is 0.165 e. The summed E-state index contributed by atoms with van der Waals surface area (Å²) >= 11 is 0. The normalized spacial score (nSPS) is 14.5. The van der Waals surface area contributed by atoms with Crippen LogP contribution in [0.4, 0.5) is 5.82 Å². The second-order valence-electron chi connectivity index (χ2n) is 8.43. The van der Waals surface area contributed by atoms with E-state index < -0.39 is 0 Å². The summed E-state index contributed by atoms with van der Waals surface area (Å²) in [5.41, 5.74) is 4.13. The summed E-state index contributed by atoms with van der Waals surface area (Å²) < 4.78 is 13.2. The Morgan fingerprint density at radius 1 is 0.970 bits per heavy atom. The van der Waals surface area contributed by atoms with E-state index in [0.717, 1.165) is 72.5 Å². The van der Waals surface area contributed by atoms with Gasteiger partial charge in [0.1, 0.15) is 30.5 Å².